The van der Waals surface area contributed by atoms with Crippen molar-refractivity contribution in [3.63, 3.8) is 0 Å². The van der Waals surface area contributed by atoms with Crippen LogP contribution in [-0.4, -0.2) is 17.3 Å². The molecule has 120 valence electrons. The maximum atomic E-state index is 10.9. The van der Waals surface area contributed by atoms with Gasteiger partial charge < -0.3 is 4.74 Å². The number of carbonyl (C=O) groups excluding carboxylic acids is 1. The number of rotatable bonds is 6. The molecule has 0 aliphatic heterocycles. The Bertz CT molecular complexity index is 539. The Kier molecular flexibility index (Phi) is 4.54. The second-order valence-electron chi connectivity index (χ2n) is 7.02. The predicted molar refractivity (Wildman–Crippen MR) is 91.2 cm³/mol. The Hall–Kier alpha value is -0.960. The average molecular weight is 318 g/mol. The molecule has 2 nitrogen and oxygen atoms in total. The molecule has 1 aromatic carbocycles. The summed E-state index contributed by atoms with van der Waals surface area (Å²) >= 11 is 2.11. The molecule has 3 heteroatoms. The minimum atomic E-state index is -0.155. The lowest BCUT2D eigenvalue weighted by Gasteiger charge is -2.30. The van der Waals surface area contributed by atoms with Crippen LogP contribution < -0.4 is 0 Å². The van der Waals surface area contributed by atoms with Gasteiger partial charge in [0.1, 0.15) is 0 Å². The van der Waals surface area contributed by atoms with Crippen molar-refractivity contribution in [3.8, 4) is 0 Å². The SMILES string of the molecule is CC(=O)OCCC[C@]12CCCC[C@@]1(Sc1ccc(C)cc1)C2. The number of fused-ring (bicyclic) bond motifs is 1. The summed E-state index contributed by atoms with van der Waals surface area (Å²) in [6, 6.07) is 8.97. The molecule has 22 heavy (non-hydrogen) atoms. The first-order chi connectivity index (χ1) is 10.6. The molecule has 3 rings (SSSR count). The van der Waals surface area contributed by atoms with Crippen LogP contribution in [0.3, 0.4) is 0 Å². The smallest absolute Gasteiger partial charge is 0.302 e. The third-order valence-electron chi connectivity index (χ3n) is 5.39. The molecule has 0 aromatic heterocycles. The maximum Gasteiger partial charge on any atom is 0.302 e. The number of hydrogen-bond donors (Lipinski definition) is 0. The molecule has 0 N–H and O–H groups in total. The van der Waals surface area contributed by atoms with E-state index in [1.165, 1.54) is 55.9 Å². The van der Waals surface area contributed by atoms with Crippen LogP contribution in [0.5, 0.6) is 0 Å². The highest BCUT2D eigenvalue weighted by molar-refractivity contribution is 8.01. The van der Waals surface area contributed by atoms with Gasteiger partial charge in [-0.25, -0.2) is 0 Å². The van der Waals surface area contributed by atoms with Gasteiger partial charge in [-0.3, -0.25) is 4.79 Å². The minimum Gasteiger partial charge on any atom is -0.466 e. The summed E-state index contributed by atoms with van der Waals surface area (Å²) in [5.74, 6) is -0.155. The molecular weight excluding hydrogens is 292 g/mol. The molecule has 2 fully saturated rings. The Morgan fingerprint density at radius 2 is 1.95 bits per heavy atom. The lowest BCUT2D eigenvalue weighted by molar-refractivity contribution is -0.141. The standard InChI is InChI=1S/C19H26O2S/c1-15-6-8-17(9-7-15)22-19-12-4-3-10-18(19,14-19)11-5-13-21-16(2)20/h6-9H,3-5,10-14H2,1-2H3/t18-,19+/m0/s1. The van der Waals surface area contributed by atoms with Gasteiger partial charge in [0.25, 0.3) is 0 Å². The topological polar surface area (TPSA) is 26.3 Å². The molecule has 1 aromatic rings. The molecule has 0 heterocycles. The van der Waals surface area contributed by atoms with Gasteiger partial charge in [-0.1, -0.05) is 30.5 Å². The first kappa shape index (κ1) is 15.9. The van der Waals surface area contributed by atoms with E-state index < -0.39 is 0 Å². The number of thioether (sulfide) groups is 1. The van der Waals surface area contributed by atoms with Crippen LogP contribution in [0.1, 0.15) is 57.4 Å². The van der Waals surface area contributed by atoms with E-state index in [1.54, 1.807) is 0 Å². The lowest BCUT2D eigenvalue weighted by Crippen LogP contribution is -2.22. The first-order valence-electron chi connectivity index (χ1n) is 8.44. The van der Waals surface area contributed by atoms with Crippen LogP contribution in [0.15, 0.2) is 29.2 Å². The van der Waals surface area contributed by atoms with E-state index in [1.807, 2.05) is 0 Å². The zero-order valence-electron chi connectivity index (χ0n) is 13.7. The molecule has 0 unspecified atom stereocenters. The number of benzene rings is 1. The second kappa shape index (κ2) is 6.27. The van der Waals surface area contributed by atoms with Crippen LogP contribution in [0.4, 0.5) is 0 Å². The molecule has 0 saturated heterocycles. The Morgan fingerprint density at radius 3 is 2.68 bits per heavy atom. The summed E-state index contributed by atoms with van der Waals surface area (Å²) in [7, 11) is 0. The highest BCUT2D eigenvalue weighted by atomic mass is 32.2. The summed E-state index contributed by atoms with van der Waals surface area (Å²) in [6.45, 7) is 4.22. The molecular formula is C19H26O2S. The highest BCUT2D eigenvalue weighted by Gasteiger charge is 2.67. The normalized spacial score (nSPS) is 29.7. The van der Waals surface area contributed by atoms with E-state index in [-0.39, 0.29) is 5.97 Å². The van der Waals surface area contributed by atoms with Gasteiger partial charge in [0.05, 0.1) is 6.61 Å². The monoisotopic (exact) mass is 318 g/mol. The average Bonchev–Trinajstić information content (AvgIpc) is 3.15. The second-order valence-corrected chi connectivity index (χ2v) is 8.47. The Labute approximate surface area is 138 Å². The number of aryl methyl sites for hydroxylation is 1. The summed E-state index contributed by atoms with van der Waals surface area (Å²) in [5, 5.41) is 0. The van der Waals surface area contributed by atoms with E-state index in [2.05, 4.69) is 43.0 Å². The molecule has 2 saturated carbocycles. The predicted octanol–water partition coefficient (Wildman–Crippen LogP) is 5.13. The number of esters is 1. The van der Waals surface area contributed by atoms with Gasteiger partial charge in [-0.2, -0.15) is 0 Å². The van der Waals surface area contributed by atoms with Gasteiger partial charge in [-0.15, -0.1) is 11.8 Å². The molecule has 0 radical (unpaired) electrons. The number of ether oxygens (including phenoxy) is 1. The quantitative estimate of drug-likeness (QED) is 0.537. The van der Waals surface area contributed by atoms with E-state index in [4.69, 9.17) is 4.74 Å². The largest absolute Gasteiger partial charge is 0.466 e. The van der Waals surface area contributed by atoms with E-state index >= 15 is 0 Å². The highest BCUT2D eigenvalue weighted by Crippen LogP contribution is 2.74. The van der Waals surface area contributed by atoms with Gasteiger partial charge in [0, 0.05) is 16.6 Å². The lowest BCUT2D eigenvalue weighted by atomic mass is 9.84. The van der Waals surface area contributed by atoms with Crippen molar-refractivity contribution in [2.75, 3.05) is 6.61 Å². The summed E-state index contributed by atoms with van der Waals surface area (Å²) in [6.07, 6.45) is 8.99. The van der Waals surface area contributed by atoms with Crippen LogP contribution in [0.25, 0.3) is 0 Å². The van der Waals surface area contributed by atoms with Gasteiger partial charge >= 0.3 is 5.97 Å². The fourth-order valence-electron chi connectivity index (χ4n) is 4.14. The number of carbonyl (C=O) groups is 1. The van der Waals surface area contributed by atoms with Crippen LogP contribution in [0, 0.1) is 12.3 Å². The third-order valence-corrected chi connectivity index (χ3v) is 7.07. The van der Waals surface area contributed by atoms with Crippen LogP contribution >= 0.6 is 11.8 Å². The Morgan fingerprint density at radius 1 is 1.23 bits per heavy atom. The number of hydrogen-bond acceptors (Lipinski definition) is 3. The summed E-state index contributed by atoms with van der Waals surface area (Å²) < 4.78 is 5.57. The summed E-state index contributed by atoms with van der Waals surface area (Å²) in [5.41, 5.74) is 1.83. The fourth-order valence-corrected chi connectivity index (χ4v) is 5.88. The maximum absolute atomic E-state index is 10.9. The fraction of sp³-hybridized carbons (Fsp3) is 0.632. The van der Waals surface area contributed by atoms with Crippen molar-refractivity contribution in [2.24, 2.45) is 5.41 Å². The van der Waals surface area contributed by atoms with Crippen molar-refractivity contribution in [1.82, 2.24) is 0 Å². The van der Waals surface area contributed by atoms with Crippen molar-refractivity contribution in [2.45, 2.75) is 68.4 Å². The van der Waals surface area contributed by atoms with Gasteiger partial charge in [0.15, 0.2) is 0 Å². The van der Waals surface area contributed by atoms with Crippen molar-refractivity contribution < 1.29 is 9.53 Å². The minimum absolute atomic E-state index is 0.155. The zero-order valence-corrected chi connectivity index (χ0v) is 14.5. The van der Waals surface area contributed by atoms with Crippen LogP contribution in [0.2, 0.25) is 0 Å². The molecule has 0 spiro atoms. The molecule has 0 amide bonds. The van der Waals surface area contributed by atoms with E-state index in [0.29, 0.717) is 16.8 Å². The van der Waals surface area contributed by atoms with E-state index in [0.717, 1.165) is 6.42 Å². The first-order valence-corrected chi connectivity index (χ1v) is 9.26. The third kappa shape index (κ3) is 3.19. The van der Waals surface area contributed by atoms with Crippen LogP contribution in [-0.2, 0) is 9.53 Å². The van der Waals surface area contributed by atoms with Crippen molar-refractivity contribution in [3.05, 3.63) is 29.8 Å². The molecule has 2 aliphatic rings. The van der Waals surface area contributed by atoms with Crippen molar-refractivity contribution in [1.29, 1.82) is 0 Å². The van der Waals surface area contributed by atoms with Gasteiger partial charge in [0.2, 0.25) is 0 Å². The molecule has 2 atom stereocenters. The van der Waals surface area contributed by atoms with E-state index in [9.17, 15) is 4.79 Å². The molecule has 2 aliphatic carbocycles. The Balaban J connectivity index is 1.61. The van der Waals surface area contributed by atoms with Gasteiger partial charge in [-0.05, 0) is 56.6 Å². The molecule has 0 bridgehead atoms. The zero-order chi connectivity index (χ0) is 15.6. The van der Waals surface area contributed by atoms with Crippen molar-refractivity contribution >= 4 is 17.7 Å². The summed E-state index contributed by atoms with van der Waals surface area (Å²) in [4.78, 5) is 12.3.